The van der Waals surface area contributed by atoms with E-state index in [1.54, 1.807) is 0 Å². The van der Waals surface area contributed by atoms with Gasteiger partial charge in [-0.05, 0) is 107 Å². The molecule has 0 unspecified atom stereocenters. The van der Waals surface area contributed by atoms with E-state index in [0.717, 1.165) is 17.1 Å². The Morgan fingerprint density at radius 1 is 0.300 bits per heavy atom. The zero-order valence-electron chi connectivity index (χ0n) is 33.0. The van der Waals surface area contributed by atoms with Crippen molar-refractivity contribution in [2.75, 3.05) is 4.90 Å². The maximum Gasteiger partial charge on any atom is 0.0714 e. The highest BCUT2D eigenvalue weighted by Crippen LogP contribution is 2.57. The summed E-state index contributed by atoms with van der Waals surface area (Å²) in [6.07, 6.45) is 0. The van der Waals surface area contributed by atoms with E-state index < -0.39 is 5.41 Å². The maximum absolute atomic E-state index is 2.50. The molecule has 11 aromatic carbocycles. The van der Waals surface area contributed by atoms with Gasteiger partial charge in [0.2, 0.25) is 0 Å². The first-order chi connectivity index (χ1) is 29.8. The van der Waals surface area contributed by atoms with Crippen molar-refractivity contribution in [3.05, 3.63) is 259 Å². The SMILES string of the molecule is c1ccc(-c2ccc(N(c3ccc4c(c3)C(c3ccccc3)(c3ccccc3)c3ccccc3-4)c3cc4ccccc4c4c3ccc3ccc5ccccc5c34)cc2)cc1. The largest absolute Gasteiger partial charge is 0.310 e. The molecular formula is C59H39N. The standard InChI is InChI=1S/C59H39N/c1-4-16-40(17-5-1)41-30-33-47(34-31-41)60(56-38-44-19-11-13-25-50(44)58-53(56)36-32-43-29-28-42-18-10-12-24-49(42)57(43)58)48-35-37-52-51-26-14-15-27-54(51)59(55(52)39-48,45-20-6-2-7-21-45)46-22-8-3-9-23-46/h1-39H. The molecule has 0 saturated heterocycles. The summed E-state index contributed by atoms with van der Waals surface area (Å²) in [5.41, 5.74) is 12.9. The summed E-state index contributed by atoms with van der Waals surface area (Å²) in [5, 5.41) is 10.0. The number of anilines is 3. The normalized spacial score (nSPS) is 12.8. The van der Waals surface area contributed by atoms with Crippen LogP contribution >= 0.6 is 0 Å². The van der Waals surface area contributed by atoms with Gasteiger partial charge in [0.25, 0.3) is 0 Å². The molecule has 0 aromatic heterocycles. The Labute approximate surface area is 350 Å². The molecule has 1 aliphatic carbocycles. The van der Waals surface area contributed by atoms with E-state index in [4.69, 9.17) is 0 Å². The zero-order chi connectivity index (χ0) is 39.6. The van der Waals surface area contributed by atoms with Crippen LogP contribution in [-0.4, -0.2) is 0 Å². The van der Waals surface area contributed by atoms with Crippen LogP contribution in [0.3, 0.4) is 0 Å². The second-order valence-electron chi connectivity index (χ2n) is 16.0. The van der Waals surface area contributed by atoms with Crippen LogP contribution in [0.15, 0.2) is 237 Å². The third-order valence-electron chi connectivity index (χ3n) is 12.9. The monoisotopic (exact) mass is 761 g/mol. The molecule has 12 rings (SSSR count). The molecule has 0 radical (unpaired) electrons. The van der Waals surface area contributed by atoms with Crippen LogP contribution < -0.4 is 4.90 Å². The fourth-order valence-electron chi connectivity index (χ4n) is 10.3. The van der Waals surface area contributed by atoms with E-state index in [1.165, 1.54) is 87.6 Å². The average Bonchev–Trinajstić information content (AvgIpc) is 3.63. The van der Waals surface area contributed by atoms with Crippen molar-refractivity contribution in [3.63, 3.8) is 0 Å². The molecule has 1 aliphatic rings. The van der Waals surface area contributed by atoms with Gasteiger partial charge in [-0.1, -0.05) is 206 Å². The van der Waals surface area contributed by atoms with Gasteiger partial charge in [0.15, 0.2) is 0 Å². The lowest BCUT2D eigenvalue weighted by Crippen LogP contribution is -2.28. The summed E-state index contributed by atoms with van der Waals surface area (Å²) in [4.78, 5) is 2.50. The molecule has 0 amide bonds. The molecule has 0 saturated carbocycles. The quantitative estimate of drug-likeness (QED) is 0.153. The highest BCUT2D eigenvalue weighted by Gasteiger charge is 2.46. The topological polar surface area (TPSA) is 3.24 Å². The number of fused-ring (bicyclic) bond motifs is 10. The Bertz CT molecular complexity index is 3370. The van der Waals surface area contributed by atoms with E-state index >= 15 is 0 Å². The minimum absolute atomic E-state index is 0.520. The molecule has 0 aliphatic heterocycles. The van der Waals surface area contributed by atoms with Crippen LogP contribution in [0.4, 0.5) is 17.1 Å². The molecule has 0 fully saturated rings. The summed E-state index contributed by atoms with van der Waals surface area (Å²) in [7, 11) is 0. The highest BCUT2D eigenvalue weighted by molar-refractivity contribution is 6.30. The number of hydrogen-bond acceptors (Lipinski definition) is 1. The summed E-state index contributed by atoms with van der Waals surface area (Å²) >= 11 is 0. The Hall–Kier alpha value is -7.74. The Morgan fingerprint density at radius 3 is 1.57 bits per heavy atom. The fourth-order valence-corrected chi connectivity index (χ4v) is 10.3. The lowest BCUT2D eigenvalue weighted by atomic mass is 9.67. The van der Waals surface area contributed by atoms with Crippen LogP contribution in [0.2, 0.25) is 0 Å². The average molecular weight is 762 g/mol. The van der Waals surface area contributed by atoms with Gasteiger partial charge in [-0.2, -0.15) is 0 Å². The van der Waals surface area contributed by atoms with Crippen LogP contribution in [0, 0.1) is 0 Å². The van der Waals surface area contributed by atoms with Gasteiger partial charge in [0.1, 0.15) is 0 Å². The van der Waals surface area contributed by atoms with E-state index in [9.17, 15) is 0 Å². The number of benzene rings is 11. The third-order valence-corrected chi connectivity index (χ3v) is 12.9. The first-order valence-electron chi connectivity index (χ1n) is 20.8. The molecule has 0 spiro atoms. The Morgan fingerprint density at radius 2 is 0.833 bits per heavy atom. The lowest BCUT2D eigenvalue weighted by Gasteiger charge is -2.35. The first kappa shape index (κ1) is 34.3. The minimum atomic E-state index is -0.520. The second-order valence-corrected chi connectivity index (χ2v) is 16.0. The van der Waals surface area contributed by atoms with Crippen molar-refractivity contribution < 1.29 is 0 Å². The smallest absolute Gasteiger partial charge is 0.0714 e. The molecule has 1 nitrogen and oxygen atoms in total. The number of hydrogen-bond donors (Lipinski definition) is 0. The molecular weight excluding hydrogens is 723 g/mol. The van der Waals surface area contributed by atoms with Gasteiger partial charge in [0, 0.05) is 22.1 Å². The van der Waals surface area contributed by atoms with Crippen molar-refractivity contribution in [1.29, 1.82) is 0 Å². The van der Waals surface area contributed by atoms with E-state index in [-0.39, 0.29) is 0 Å². The van der Waals surface area contributed by atoms with Crippen molar-refractivity contribution in [2.45, 2.75) is 5.41 Å². The van der Waals surface area contributed by atoms with E-state index in [2.05, 4.69) is 241 Å². The first-order valence-corrected chi connectivity index (χ1v) is 20.8. The van der Waals surface area contributed by atoms with E-state index in [0.29, 0.717) is 0 Å². The van der Waals surface area contributed by atoms with Crippen LogP contribution in [0.1, 0.15) is 22.3 Å². The fraction of sp³-hybridized carbons (Fsp3) is 0.0169. The van der Waals surface area contributed by atoms with Gasteiger partial charge in [-0.3, -0.25) is 0 Å². The second kappa shape index (κ2) is 13.7. The predicted octanol–water partition coefficient (Wildman–Crippen LogP) is 15.8. The van der Waals surface area contributed by atoms with Crippen molar-refractivity contribution >= 4 is 60.2 Å². The van der Waals surface area contributed by atoms with E-state index in [1.807, 2.05) is 0 Å². The lowest BCUT2D eigenvalue weighted by molar-refractivity contribution is 0.768. The Balaban J connectivity index is 1.18. The summed E-state index contributed by atoms with van der Waals surface area (Å²) in [6.45, 7) is 0. The molecule has 0 bridgehead atoms. The number of rotatable bonds is 6. The van der Waals surface area contributed by atoms with Crippen molar-refractivity contribution in [2.24, 2.45) is 0 Å². The highest BCUT2D eigenvalue weighted by atomic mass is 15.1. The molecule has 60 heavy (non-hydrogen) atoms. The number of nitrogens with zero attached hydrogens (tertiary/aromatic N) is 1. The van der Waals surface area contributed by atoms with Gasteiger partial charge >= 0.3 is 0 Å². The molecule has 0 heterocycles. The van der Waals surface area contributed by atoms with Gasteiger partial charge < -0.3 is 4.90 Å². The minimum Gasteiger partial charge on any atom is -0.310 e. The third kappa shape index (κ3) is 5.13. The van der Waals surface area contributed by atoms with Gasteiger partial charge in [-0.25, -0.2) is 0 Å². The van der Waals surface area contributed by atoms with Gasteiger partial charge in [0.05, 0.1) is 11.1 Å². The summed E-state index contributed by atoms with van der Waals surface area (Å²) in [6, 6.07) is 87.5. The molecule has 11 aromatic rings. The Kier molecular flexibility index (Phi) is 7.83. The molecule has 1 heteroatoms. The van der Waals surface area contributed by atoms with Crippen molar-refractivity contribution in [3.8, 4) is 22.3 Å². The summed E-state index contributed by atoms with van der Waals surface area (Å²) in [5.74, 6) is 0. The zero-order valence-corrected chi connectivity index (χ0v) is 33.0. The van der Waals surface area contributed by atoms with Crippen LogP contribution in [0.5, 0.6) is 0 Å². The summed E-state index contributed by atoms with van der Waals surface area (Å²) < 4.78 is 0. The van der Waals surface area contributed by atoms with Crippen LogP contribution in [0.25, 0.3) is 65.3 Å². The molecule has 0 N–H and O–H groups in total. The van der Waals surface area contributed by atoms with Gasteiger partial charge in [-0.15, -0.1) is 0 Å². The van der Waals surface area contributed by atoms with Crippen LogP contribution in [-0.2, 0) is 5.41 Å². The molecule has 280 valence electrons. The molecule has 0 atom stereocenters. The predicted molar refractivity (Wildman–Crippen MR) is 254 cm³/mol. The maximum atomic E-state index is 2.50. The van der Waals surface area contributed by atoms with Crippen molar-refractivity contribution in [1.82, 2.24) is 0 Å².